The summed E-state index contributed by atoms with van der Waals surface area (Å²) in [6.07, 6.45) is 0. The van der Waals surface area contributed by atoms with E-state index in [4.69, 9.17) is 9.26 Å². The van der Waals surface area contributed by atoms with Crippen LogP contribution in [0, 0.1) is 13.8 Å². The van der Waals surface area contributed by atoms with Crippen LogP contribution in [-0.4, -0.2) is 48.8 Å². The van der Waals surface area contributed by atoms with E-state index in [1.807, 2.05) is 25.7 Å². The molecule has 1 aliphatic rings. The number of carbonyl (C=O) groups is 1. The summed E-state index contributed by atoms with van der Waals surface area (Å²) < 4.78 is 10.4. The number of hydrogen-bond donors (Lipinski definition) is 1. The van der Waals surface area contributed by atoms with Crippen LogP contribution in [-0.2, 0) is 9.53 Å². The monoisotopic (exact) mass is 267 g/mol. The van der Waals surface area contributed by atoms with Gasteiger partial charge in [-0.15, -0.1) is 0 Å². The van der Waals surface area contributed by atoms with Gasteiger partial charge in [0.05, 0.1) is 25.5 Å². The van der Waals surface area contributed by atoms with Crippen LogP contribution in [0.1, 0.15) is 30.0 Å². The zero-order chi connectivity index (χ0) is 13.8. The van der Waals surface area contributed by atoms with Crippen molar-refractivity contribution in [1.29, 1.82) is 0 Å². The van der Waals surface area contributed by atoms with E-state index >= 15 is 0 Å². The second-order valence-corrected chi connectivity index (χ2v) is 4.83. The fourth-order valence-electron chi connectivity index (χ4n) is 2.38. The molecule has 0 radical (unpaired) electrons. The fourth-order valence-corrected chi connectivity index (χ4v) is 2.38. The molecule has 2 heterocycles. The summed E-state index contributed by atoms with van der Waals surface area (Å²) in [4.78, 5) is 13.8. The van der Waals surface area contributed by atoms with Crippen LogP contribution in [0.2, 0.25) is 0 Å². The molecule has 0 saturated carbocycles. The minimum absolute atomic E-state index is 0.0521. The number of amides is 1. The Balaban J connectivity index is 1.86. The number of aromatic nitrogens is 1. The zero-order valence-electron chi connectivity index (χ0n) is 11.7. The van der Waals surface area contributed by atoms with Gasteiger partial charge in [0.1, 0.15) is 5.76 Å². The first-order valence-corrected chi connectivity index (χ1v) is 6.61. The first-order chi connectivity index (χ1) is 9.09. The van der Waals surface area contributed by atoms with Crippen LogP contribution >= 0.6 is 0 Å². The molecule has 1 amide bonds. The summed E-state index contributed by atoms with van der Waals surface area (Å²) in [6, 6.07) is 0.0521. The molecular formula is C13H21N3O3. The molecule has 6 nitrogen and oxygen atoms in total. The molecule has 6 heteroatoms. The van der Waals surface area contributed by atoms with Crippen molar-refractivity contribution in [2.75, 3.05) is 32.8 Å². The zero-order valence-corrected chi connectivity index (χ0v) is 11.7. The molecule has 1 N–H and O–H groups in total. The minimum Gasteiger partial charge on any atom is -0.378 e. The predicted octanol–water partition coefficient (Wildman–Crippen LogP) is 0.801. The third-order valence-electron chi connectivity index (χ3n) is 3.44. The lowest BCUT2D eigenvalue weighted by Crippen LogP contribution is -2.45. The van der Waals surface area contributed by atoms with Gasteiger partial charge in [0, 0.05) is 24.7 Å². The molecule has 106 valence electrons. The average molecular weight is 267 g/mol. The maximum Gasteiger partial charge on any atom is 0.236 e. The summed E-state index contributed by atoms with van der Waals surface area (Å²) in [5.41, 5.74) is 1.91. The first-order valence-electron chi connectivity index (χ1n) is 6.61. The van der Waals surface area contributed by atoms with Gasteiger partial charge in [0.25, 0.3) is 0 Å². The van der Waals surface area contributed by atoms with Crippen LogP contribution < -0.4 is 5.32 Å². The van der Waals surface area contributed by atoms with Crippen molar-refractivity contribution in [3.05, 3.63) is 17.0 Å². The number of hydrogen-bond acceptors (Lipinski definition) is 5. The lowest BCUT2D eigenvalue weighted by Gasteiger charge is -2.27. The Kier molecular flexibility index (Phi) is 4.55. The van der Waals surface area contributed by atoms with E-state index < -0.39 is 0 Å². The Morgan fingerprint density at radius 2 is 2.11 bits per heavy atom. The van der Waals surface area contributed by atoms with Gasteiger partial charge in [-0.25, -0.2) is 0 Å². The smallest absolute Gasteiger partial charge is 0.236 e. The van der Waals surface area contributed by atoms with Crippen molar-refractivity contribution in [1.82, 2.24) is 15.4 Å². The van der Waals surface area contributed by atoms with E-state index in [0.717, 1.165) is 17.0 Å². The Hall–Kier alpha value is -1.40. The number of nitrogens with zero attached hydrogens (tertiary/aromatic N) is 2. The van der Waals surface area contributed by atoms with Gasteiger partial charge in [-0.3, -0.25) is 4.79 Å². The molecule has 0 aliphatic carbocycles. The van der Waals surface area contributed by atoms with Crippen molar-refractivity contribution in [2.45, 2.75) is 26.8 Å². The normalized spacial score (nSPS) is 17.5. The van der Waals surface area contributed by atoms with E-state index in [-0.39, 0.29) is 11.9 Å². The van der Waals surface area contributed by atoms with Crippen molar-refractivity contribution < 1.29 is 14.1 Å². The quantitative estimate of drug-likeness (QED) is 0.874. The highest BCUT2D eigenvalue weighted by atomic mass is 16.5. The van der Waals surface area contributed by atoms with E-state index in [2.05, 4.69) is 10.5 Å². The van der Waals surface area contributed by atoms with Crippen molar-refractivity contribution in [2.24, 2.45) is 0 Å². The molecular weight excluding hydrogens is 246 g/mol. The maximum absolute atomic E-state index is 12.0. The number of carbonyl (C=O) groups excluding carboxylic acids is 1. The summed E-state index contributed by atoms with van der Waals surface area (Å²) in [5, 5.41) is 7.16. The maximum atomic E-state index is 12.0. The van der Waals surface area contributed by atoms with Crippen LogP contribution in [0.5, 0.6) is 0 Å². The molecule has 0 aromatic carbocycles. The molecule has 0 bridgehead atoms. The van der Waals surface area contributed by atoms with Gasteiger partial charge in [-0.05, 0) is 20.8 Å². The van der Waals surface area contributed by atoms with E-state index in [1.54, 1.807) is 0 Å². The lowest BCUT2D eigenvalue weighted by atomic mass is 10.1. The lowest BCUT2D eigenvalue weighted by molar-refractivity contribution is -0.134. The first kappa shape index (κ1) is 14.0. The molecule has 1 atom stereocenters. The van der Waals surface area contributed by atoms with Crippen LogP contribution in [0.25, 0.3) is 0 Å². The molecule has 1 saturated heterocycles. The SMILES string of the molecule is Cc1noc(C)c1C(C)NCC(=O)N1CCOCC1. The third-order valence-corrected chi connectivity index (χ3v) is 3.44. The van der Waals surface area contributed by atoms with Crippen molar-refractivity contribution in [3.8, 4) is 0 Å². The fraction of sp³-hybridized carbons (Fsp3) is 0.692. The van der Waals surface area contributed by atoms with Gasteiger partial charge in [-0.2, -0.15) is 0 Å². The molecule has 1 fully saturated rings. The van der Waals surface area contributed by atoms with E-state index in [9.17, 15) is 4.79 Å². The van der Waals surface area contributed by atoms with Crippen LogP contribution in [0.15, 0.2) is 4.52 Å². The molecule has 1 unspecified atom stereocenters. The highest BCUT2D eigenvalue weighted by Crippen LogP contribution is 2.20. The van der Waals surface area contributed by atoms with Crippen LogP contribution in [0.3, 0.4) is 0 Å². The minimum atomic E-state index is 0.0521. The van der Waals surface area contributed by atoms with Gasteiger partial charge in [-0.1, -0.05) is 5.16 Å². The summed E-state index contributed by atoms with van der Waals surface area (Å²) >= 11 is 0. The molecule has 19 heavy (non-hydrogen) atoms. The number of rotatable bonds is 4. The molecule has 2 rings (SSSR count). The number of nitrogens with one attached hydrogen (secondary N) is 1. The molecule has 0 spiro atoms. The highest BCUT2D eigenvalue weighted by Gasteiger charge is 2.20. The topological polar surface area (TPSA) is 67.6 Å². The molecule has 1 aromatic heterocycles. The average Bonchev–Trinajstić information content (AvgIpc) is 2.76. The van der Waals surface area contributed by atoms with Crippen LogP contribution in [0.4, 0.5) is 0 Å². The Labute approximate surface area is 113 Å². The largest absolute Gasteiger partial charge is 0.378 e. The van der Waals surface area contributed by atoms with Crippen molar-refractivity contribution in [3.63, 3.8) is 0 Å². The predicted molar refractivity (Wildman–Crippen MR) is 69.8 cm³/mol. The van der Waals surface area contributed by atoms with Crippen molar-refractivity contribution >= 4 is 5.91 Å². The van der Waals surface area contributed by atoms with Gasteiger partial charge >= 0.3 is 0 Å². The van der Waals surface area contributed by atoms with Gasteiger partial charge in [0.2, 0.25) is 5.91 Å². The standard InChI is InChI=1S/C13H21N3O3/c1-9(13-10(2)15-19-11(13)3)14-8-12(17)16-4-6-18-7-5-16/h9,14H,4-8H2,1-3H3. The number of morpholine rings is 1. The summed E-state index contributed by atoms with van der Waals surface area (Å²) in [6.45, 7) is 8.76. The summed E-state index contributed by atoms with van der Waals surface area (Å²) in [7, 11) is 0. The Morgan fingerprint density at radius 1 is 1.42 bits per heavy atom. The highest BCUT2D eigenvalue weighted by molar-refractivity contribution is 5.78. The Bertz CT molecular complexity index is 419. The van der Waals surface area contributed by atoms with Gasteiger partial charge < -0.3 is 19.5 Å². The van der Waals surface area contributed by atoms with Gasteiger partial charge in [0.15, 0.2) is 0 Å². The van der Waals surface area contributed by atoms with E-state index in [0.29, 0.717) is 32.8 Å². The number of ether oxygens (including phenoxy) is 1. The summed E-state index contributed by atoms with van der Waals surface area (Å²) in [5.74, 6) is 0.915. The molecule has 1 aliphatic heterocycles. The second-order valence-electron chi connectivity index (χ2n) is 4.83. The third kappa shape index (κ3) is 3.33. The van der Waals surface area contributed by atoms with E-state index in [1.165, 1.54) is 0 Å². The second kappa shape index (κ2) is 6.16. The number of aryl methyl sites for hydroxylation is 2. The Morgan fingerprint density at radius 3 is 2.68 bits per heavy atom. The molecule has 1 aromatic rings.